The molecule has 0 atom stereocenters. The Hall–Kier alpha value is -0.0400. The van der Waals surface area contributed by atoms with E-state index in [2.05, 4.69) is 5.32 Å². The van der Waals surface area contributed by atoms with Crippen molar-refractivity contribution in [2.45, 2.75) is 44.9 Å². The predicted octanol–water partition coefficient (Wildman–Crippen LogP) is 2.32. The summed E-state index contributed by atoms with van der Waals surface area (Å²) >= 11 is 0. The second kappa shape index (κ2) is 3.14. The molecule has 1 aliphatic carbocycles. The highest BCUT2D eigenvalue weighted by Gasteiger charge is 2.33. The molecule has 1 heteroatoms. The van der Waals surface area contributed by atoms with Crippen LogP contribution in [0.15, 0.2) is 0 Å². The highest BCUT2D eigenvalue weighted by molar-refractivity contribution is 4.86. The number of hydrogen-bond donors (Lipinski definition) is 1. The lowest BCUT2D eigenvalue weighted by Crippen LogP contribution is -2.19. The third kappa shape index (κ3) is 1.58. The van der Waals surface area contributed by atoms with E-state index in [4.69, 9.17) is 0 Å². The molecule has 2 fully saturated rings. The maximum Gasteiger partial charge on any atom is -0.00436 e. The minimum absolute atomic E-state index is 0.795. The lowest BCUT2D eigenvalue weighted by Gasteiger charge is -2.26. The molecule has 11 heavy (non-hydrogen) atoms. The lowest BCUT2D eigenvalue weighted by atomic mass is 9.79. The van der Waals surface area contributed by atoms with Crippen LogP contribution in [-0.2, 0) is 0 Å². The average molecular weight is 153 g/mol. The zero-order chi connectivity index (χ0) is 7.57. The van der Waals surface area contributed by atoms with Gasteiger partial charge in [-0.25, -0.2) is 0 Å². The average Bonchev–Trinajstić information content (AvgIpc) is 2.32. The van der Waals surface area contributed by atoms with Crippen molar-refractivity contribution < 1.29 is 0 Å². The van der Waals surface area contributed by atoms with E-state index >= 15 is 0 Å². The van der Waals surface area contributed by atoms with Crippen LogP contribution in [0, 0.1) is 5.41 Å². The van der Waals surface area contributed by atoms with Crippen LogP contribution in [0.4, 0.5) is 0 Å². The van der Waals surface area contributed by atoms with Gasteiger partial charge >= 0.3 is 0 Å². The fraction of sp³-hybridized carbons (Fsp3) is 1.00. The quantitative estimate of drug-likeness (QED) is 0.563. The Morgan fingerprint density at radius 1 is 0.727 bits per heavy atom. The molecule has 0 aromatic carbocycles. The molecule has 1 aliphatic heterocycles. The maximum absolute atomic E-state index is 3.50. The summed E-state index contributed by atoms with van der Waals surface area (Å²) in [6.45, 7) is 2.54. The van der Waals surface area contributed by atoms with Crippen molar-refractivity contribution in [1.29, 1.82) is 0 Å². The number of rotatable bonds is 0. The van der Waals surface area contributed by atoms with Crippen molar-refractivity contribution in [1.82, 2.24) is 5.32 Å². The normalized spacial score (nSPS) is 30.5. The zero-order valence-electron chi connectivity index (χ0n) is 7.36. The Morgan fingerprint density at radius 3 is 2.27 bits per heavy atom. The van der Waals surface area contributed by atoms with Crippen LogP contribution in [0.2, 0.25) is 0 Å². The molecule has 1 heterocycles. The third-order valence-corrected chi connectivity index (χ3v) is 3.56. The standard InChI is InChI=1S/C10H19N/c1-2-5-10(4-1)6-3-8-11-9-7-10/h11H,1-9H2. The van der Waals surface area contributed by atoms with Gasteiger partial charge in [0.2, 0.25) is 0 Å². The topological polar surface area (TPSA) is 12.0 Å². The molecular weight excluding hydrogens is 134 g/mol. The predicted molar refractivity (Wildman–Crippen MR) is 47.6 cm³/mol. The van der Waals surface area contributed by atoms with Crippen molar-refractivity contribution >= 4 is 0 Å². The molecule has 0 aromatic rings. The molecule has 2 aliphatic rings. The first-order chi connectivity index (χ1) is 5.41. The van der Waals surface area contributed by atoms with Crippen molar-refractivity contribution in [3.63, 3.8) is 0 Å². The Balaban J connectivity index is 1.97. The molecular formula is C10H19N. The van der Waals surface area contributed by atoms with Gasteiger partial charge in [-0.3, -0.25) is 0 Å². The van der Waals surface area contributed by atoms with Gasteiger partial charge in [-0.1, -0.05) is 12.8 Å². The Labute approximate surface area is 69.6 Å². The van der Waals surface area contributed by atoms with E-state index in [0.717, 1.165) is 5.41 Å². The van der Waals surface area contributed by atoms with Crippen LogP contribution in [0.5, 0.6) is 0 Å². The summed E-state index contributed by atoms with van der Waals surface area (Å²) in [6, 6.07) is 0. The summed E-state index contributed by atoms with van der Waals surface area (Å²) in [5.74, 6) is 0. The second-order valence-electron chi connectivity index (χ2n) is 4.31. The van der Waals surface area contributed by atoms with E-state index < -0.39 is 0 Å². The first kappa shape index (κ1) is 7.60. The monoisotopic (exact) mass is 153 g/mol. The SMILES string of the molecule is C1CCC2(C1)CCCNCC2. The first-order valence-electron chi connectivity index (χ1n) is 5.12. The van der Waals surface area contributed by atoms with Crippen LogP contribution in [0.25, 0.3) is 0 Å². The molecule has 1 nitrogen and oxygen atoms in total. The molecule has 1 saturated carbocycles. The van der Waals surface area contributed by atoms with E-state index in [1.165, 1.54) is 58.0 Å². The van der Waals surface area contributed by atoms with Gasteiger partial charge in [-0.2, -0.15) is 0 Å². The summed E-state index contributed by atoms with van der Waals surface area (Å²) in [4.78, 5) is 0. The highest BCUT2D eigenvalue weighted by Crippen LogP contribution is 2.45. The van der Waals surface area contributed by atoms with E-state index in [1.807, 2.05) is 0 Å². The molecule has 0 radical (unpaired) electrons. The molecule has 1 saturated heterocycles. The molecule has 1 spiro atoms. The van der Waals surface area contributed by atoms with Crippen LogP contribution in [0.3, 0.4) is 0 Å². The smallest absolute Gasteiger partial charge is 0.00436 e. The number of hydrogen-bond acceptors (Lipinski definition) is 1. The van der Waals surface area contributed by atoms with Crippen molar-refractivity contribution in [2.24, 2.45) is 5.41 Å². The summed E-state index contributed by atoms with van der Waals surface area (Å²) < 4.78 is 0. The lowest BCUT2D eigenvalue weighted by molar-refractivity contribution is 0.261. The minimum Gasteiger partial charge on any atom is -0.317 e. The molecule has 64 valence electrons. The van der Waals surface area contributed by atoms with Crippen molar-refractivity contribution in [2.75, 3.05) is 13.1 Å². The van der Waals surface area contributed by atoms with E-state index in [1.54, 1.807) is 0 Å². The summed E-state index contributed by atoms with van der Waals surface area (Å²) in [6.07, 6.45) is 10.4. The van der Waals surface area contributed by atoms with Crippen molar-refractivity contribution in [3.05, 3.63) is 0 Å². The van der Waals surface area contributed by atoms with E-state index in [9.17, 15) is 0 Å². The Kier molecular flexibility index (Phi) is 2.17. The maximum atomic E-state index is 3.50. The van der Waals surface area contributed by atoms with Crippen LogP contribution in [-0.4, -0.2) is 13.1 Å². The largest absolute Gasteiger partial charge is 0.317 e. The Bertz CT molecular complexity index is 115. The van der Waals surface area contributed by atoms with Gasteiger partial charge in [0.05, 0.1) is 0 Å². The minimum atomic E-state index is 0.795. The van der Waals surface area contributed by atoms with Crippen LogP contribution in [0.1, 0.15) is 44.9 Å². The molecule has 0 amide bonds. The van der Waals surface area contributed by atoms with Gasteiger partial charge in [-0.15, -0.1) is 0 Å². The molecule has 0 unspecified atom stereocenters. The van der Waals surface area contributed by atoms with Gasteiger partial charge < -0.3 is 5.32 Å². The van der Waals surface area contributed by atoms with Crippen LogP contribution >= 0.6 is 0 Å². The van der Waals surface area contributed by atoms with E-state index in [0.29, 0.717) is 0 Å². The van der Waals surface area contributed by atoms with Crippen LogP contribution < -0.4 is 5.32 Å². The Morgan fingerprint density at radius 2 is 1.45 bits per heavy atom. The summed E-state index contributed by atoms with van der Waals surface area (Å²) in [5, 5.41) is 3.50. The second-order valence-corrected chi connectivity index (χ2v) is 4.31. The number of nitrogens with one attached hydrogen (secondary N) is 1. The zero-order valence-corrected chi connectivity index (χ0v) is 7.36. The van der Waals surface area contributed by atoms with E-state index in [-0.39, 0.29) is 0 Å². The molecule has 2 rings (SSSR count). The van der Waals surface area contributed by atoms with Gasteiger partial charge in [0.15, 0.2) is 0 Å². The van der Waals surface area contributed by atoms with Crippen molar-refractivity contribution in [3.8, 4) is 0 Å². The first-order valence-corrected chi connectivity index (χ1v) is 5.12. The van der Waals surface area contributed by atoms with Gasteiger partial charge in [-0.05, 0) is 50.6 Å². The van der Waals surface area contributed by atoms with Gasteiger partial charge in [0.1, 0.15) is 0 Å². The summed E-state index contributed by atoms with van der Waals surface area (Å²) in [5.41, 5.74) is 0.795. The molecule has 0 aromatic heterocycles. The summed E-state index contributed by atoms with van der Waals surface area (Å²) in [7, 11) is 0. The van der Waals surface area contributed by atoms with Gasteiger partial charge in [0.25, 0.3) is 0 Å². The molecule has 0 bridgehead atoms. The fourth-order valence-electron chi connectivity index (χ4n) is 2.82. The van der Waals surface area contributed by atoms with Gasteiger partial charge in [0, 0.05) is 0 Å². The molecule has 1 N–H and O–H groups in total. The fourth-order valence-corrected chi connectivity index (χ4v) is 2.82. The highest BCUT2D eigenvalue weighted by atomic mass is 14.9. The third-order valence-electron chi connectivity index (χ3n) is 3.56.